The van der Waals surface area contributed by atoms with E-state index < -0.39 is 0 Å². The van der Waals surface area contributed by atoms with E-state index in [2.05, 4.69) is 43.9 Å². The Balaban J connectivity index is 2.63. The molecule has 0 fully saturated rings. The Morgan fingerprint density at radius 1 is 1.50 bits per heavy atom. The van der Waals surface area contributed by atoms with Crippen LogP contribution < -0.4 is 10.2 Å². The van der Waals surface area contributed by atoms with Crippen molar-refractivity contribution < 1.29 is 4.42 Å². The molecule has 0 aliphatic rings. The number of aromatic nitrogens is 1. The third-order valence-corrected chi connectivity index (χ3v) is 2.39. The molecule has 1 N–H and O–H groups in total. The molecule has 0 amide bonds. The minimum Gasteiger partial charge on any atom is -0.432 e. The Hall–Kier alpha value is -1.47. The molecule has 1 aromatic heterocycles. The summed E-state index contributed by atoms with van der Waals surface area (Å²) in [5.41, 5.74) is 0.971. The van der Waals surface area contributed by atoms with Crippen LogP contribution in [0.5, 0.6) is 0 Å². The molecular weight excluding hydrogens is 226 g/mol. The highest BCUT2D eigenvalue weighted by Crippen LogP contribution is 2.14. The van der Waals surface area contributed by atoms with Crippen molar-refractivity contribution >= 4 is 6.01 Å². The highest BCUT2D eigenvalue weighted by atomic mass is 16.4. The van der Waals surface area contributed by atoms with Crippen LogP contribution in [0, 0.1) is 12.3 Å². The summed E-state index contributed by atoms with van der Waals surface area (Å²) in [7, 11) is 0. The van der Waals surface area contributed by atoms with Crippen molar-refractivity contribution in [2.45, 2.75) is 46.2 Å². The van der Waals surface area contributed by atoms with E-state index in [0.29, 0.717) is 19.1 Å². The first-order valence-corrected chi connectivity index (χ1v) is 6.34. The van der Waals surface area contributed by atoms with Crippen LogP contribution in [0.4, 0.5) is 6.01 Å². The molecular formula is C14H23N3O. The van der Waals surface area contributed by atoms with Crippen molar-refractivity contribution in [1.82, 2.24) is 10.3 Å². The average Bonchev–Trinajstić information content (AvgIpc) is 2.74. The molecule has 18 heavy (non-hydrogen) atoms. The van der Waals surface area contributed by atoms with Gasteiger partial charge in [-0.15, -0.1) is 6.42 Å². The fraction of sp³-hybridized carbons (Fsp3) is 0.643. The van der Waals surface area contributed by atoms with E-state index in [4.69, 9.17) is 10.8 Å². The molecule has 100 valence electrons. The van der Waals surface area contributed by atoms with Gasteiger partial charge in [0.05, 0.1) is 12.2 Å². The fourth-order valence-corrected chi connectivity index (χ4v) is 1.50. The number of nitrogens with one attached hydrogen (secondary N) is 1. The van der Waals surface area contributed by atoms with E-state index in [1.54, 1.807) is 6.26 Å². The number of hydrogen-bond donors (Lipinski definition) is 1. The SMILES string of the molecule is C#CCN(CCC)c1nc(CNC(C)(C)C)co1. The van der Waals surface area contributed by atoms with E-state index in [9.17, 15) is 0 Å². The smallest absolute Gasteiger partial charge is 0.298 e. The Morgan fingerprint density at radius 3 is 2.78 bits per heavy atom. The first kappa shape index (κ1) is 14.6. The van der Waals surface area contributed by atoms with E-state index in [1.807, 2.05) is 4.90 Å². The highest BCUT2D eigenvalue weighted by molar-refractivity contribution is 5.29. The van der Waals surface area contributed by atoms with Gasteiger partial charge >= 0.3 is 0 Å². The van der Waals surface area contributed by atoms with Gasteiger partial charge in [-0.05, 0) is 27.2 Å². The molecule has 4 nitrogen and oxygen atoms in total. The summed E-state index contributed by atoms with van der Waals surface area (Å²) in [6.07, 6.45) is 8.05. The van der Waals surface area contributed by atoms with E-state index in [1.165, 1.54) is 0 Å². The number of hydrogen-bond acceptors (Lipinski definition) is 4. The zero-order valence-corrected chi connectivity index (χ0v) is 11.8. The first-order valence-electron chi connectivity index (χ1n) is 6.34. The van der Waals surface area contributed by atoms with Crippen molar-refractivity contribution in [1.29, 1.82) is 0 Å². The molecule has 0 spiro atoms. The number of terminal acetylenes is 1. The van der Waals surface area contributed by atoms with Crippen LogP contribution in [0.25, 0.3) is 0 Å². The summed E-state index contributed by atoms with van der Waals surface area (Å²) in [6.45, 7) is 10.6. The molecule has 0 saturated carbocycles. The van der Waals surface area contributed by atoms with Gasteiger partial charge in [-0.2, -0.15) is 4.98 Å². The molecule has 0 bridgehead atoms. The van der Waals surface area contributed by atoms with Gasteiger partial charge in [0.15, 0.2) is 0 Å². The third-order valence-electron chi connectivity index (χ3n) is 2.39. The van der Waals surface area contributed by atoms with E-state index in [-0.39, 0.29) is 5.54 Å². The molecule has 0 saturated heterocycles. The number of rotatable bonds is 6. The highest BCUT2D eigenvalue weighted by Gasteiger charge is 2.13. The minimum absolute atomic E-state index is 0.0705. The van der Waals surface area contributed by atoms with Gasteiger partial charge in [-0.1, -0.05) is 12.8 Å². The van der Waals surface area contributed by atoms with Gasteiger partial charge in [0.2, 0.25) is 0 Å². The number of oxazole rings is 1. The lowest BCUT2D eigenvalue weighted by Gasteiger charge is -2.19. The average molecular weight is 249 g/mol. The maximum atomic E-state index is 5.48. The van der Waals surface area contributed by atoms with Crippen LogP contribution in [0.2, 0.25) is 0 Å². The van der Waals surface area contributed by atoms with Crippen LogP contribution in [0.1, 0.15) is 39.8 Å². The van der Waals surface area contributed by atoms with Crippen LogP contribution in [-0.2, 0) is 6.54 Å². The standard InChI is InChI=1S/C14H23N3O/c1-6-8-17(9-7-2)13-16-12(11-18-13)10-15-14(3,4)5/h1,11,15H,7-10H2,2-5H3. The summed E-state index contributed by atoms with van der Waals surface area (Å²) in [5.74, 6) is 2.63. The molecule has 1 rings (SSSR count). The Labute approximate surface area is 110 Å². The summed E-state index contributed by atoms with van der Waals surface area (Å²) in [6, 6.07) is 0.612. The topological polar surface area (TPSA) is 41.3 Å². The molecule has 0 atom stereocenters. The van der Waals surface area contributed by atoms with Crippen molar-refractivity contribution in [2.75, 3.05) is 18.0 Å². The molecule has 1 aromatic rings. The molecule has 0 radical (unpaired) electrons. The lowest BCUT2D eigenvalue weighted by atomic mass is 10.1. The summed E-state index contributed by atoms with van der Waals surface area (Å²) in [5, 5.41) is 3.37. The van der Waals surface area contributed by atoms with E-state index in [0.717, 1.165) is 18.7 Å². The van der Waals surface area contributed by atoms with Gasteiger partial charge in [0.1, 0.15) is 6.26 Å². The second kappa shape index (κ2) is 6.46. The van der Waals surface area contributed by atoms with Crippen molar-refractivity contribution in [3.63, 3.8) is 0 Å². The van der Waals surface area contributed by atoms with Gasteiger partial charge in [-0.25, -0.2) is 0 Å². The minimum atomic E-state index is 0.0705. The van der Waals surface area contributed by atoms with Crippen LogP contribution in [-0.4, -0.2) is 23.6 Å². The van der Waals surface area contributed by atoms with Crippen LogP contribution >= 0.6 is 0 Å². The summed E-state index contributed by atoms with van der Waals surface area (Å²) >= 11 is 0. The van der Waals surface area contributed by atoms with Crippen molar-refractivity contribution in [3.05, 3.63) is 12.0 Å². The monoisotopic (exact) mass is 249 g/mol. The van der Waals surface area contributed by atoms with Gasteiger partial charge in [0.25, 0.3) is 6.01 Å². The Morgan fingerprint density at radius 2 is 2.22 bits per heavy atom. The predicted octanol–water partition coefficient (Wildman–Crippen LogP) is 2.41. The first-order chi connectivity index (χ1) is 8.46. The number of nitrogens with zero attached hydrogens (tertiary/aromatic N) is 2. The molecule has 0 aliphatic heterocycles. The predicted molar refractivity (Wildman–Crippen MR) is 74.4 cm³/mol. The number of anilines is 1. The second-order valence-electron chi connectivity index (χ2n) is 5.35. The lowest BCUT2D eigenvalue weighted by Crippen LogP contribution is -2.35. The molecule has 0 aromatic carbocycles. The molecule has 0 unspecified atom stereocenters. The van der Waals surface area contributed by atoms with Gasteiger partial charge in [-0.3, -0.25) is 0 Å². The quantitative estimate of drug-likeness (QED) is 0.786. The third kappa shape index (κ3) is 4.80. The largest absolute Gasteiger partial charge is 0.432 e. The summed E-state index contributed by atoms with van der Waals surface area (Å²) in [4.78, 5) is 6.42. The second-order valence-corrected chi connectivity index (χ2v) is 5.35. The maximum absolute atomic E-state index is 5.48. The Kier molecular flexibility index (Phi) is 5.24. The molecule has 0 aliphatic carbocycles. The zero-order chi connectivity index (χ0) is 13.6. The lowest BCUT2D eigenvalue weighted by molar-refractivity contribution is 0.421. The van der Waals surface area contributed by atoms with Crippen LogP contribution in [0.15, 0.2) is 10.7 Å². The van der Waals surface area contributed by atoms with Gasteiger partial charge in [0, 0.05) is 18.6 Å². The zero-order valence-electron chi connectivity index (χ0n) is 11.8. The summed E-state index contributed by atoms with van der Waals surface area (Å²) < 4.78 is 5.48. The van der Waals surface area contributed by atoms with Crippen molar-refractivity contribution in [3.8, 4) is 12.3 Å². The molecule has 1 heterocycles. The maximum Gasteiger partial charge on any atom is 0.298 e. The van der Waals surface area contributed by atoms with Crippen molar-refractivity contribution in [2.24, 2.45) is 0 Å². The fourth-order valence-electron chi connectivity index (χ4n) is 1.50. The van der Waals surface area contributed by atoms with Crippen LogP contribution in [0.3, 0.4) is 0 Å². The normalized spacial score (nSPS) is 11.3. The van der Waals surface area contributed by atoms with E-state index >= 15 is 0 Å². The van der Waals surface area contributed by atoms with Gasteiger partial charge < -0.3 is 14.6 Å². The molecule has 4 heteroatoms. The Bertz CT molecular complexity index is 398.